The van der Waals surface area contributed by atoms with Crippen molar-refractivity contribution in [2.45, 2.75) is 33.1 Å². The summed E-state index contributed by atoms with van der Waals surface area (Å²) in [7, 11) is 3.75. The number of fused-ring (bicyclic) bond motifs is 1. The zero-order valence-corrected chi connectivity index (χ0v) is 16.9. The number of aromatic nitrogens is 4. The summed E-state index contributed by atoms with van der Waals surface area (Å²) in [5.74, 6) is 3.44. The Morgan fingerprint density at radius 1 is 1.30 bits per heavy atom. The van der Waals surface area contributed by atoms with Crippen molar-refractivity contribution < 1.29 is 0 Å². The van der Waals surface area contributed by atoms with Crippen molar-refractivity contribution >= 4 is 22.8 Å². The molecule has 1 fully saturated rings. The highest BCUT2D eigenvalue weighted by atomic mass is 15.3. The van der Waals surface area contributed by atoms with Gasteiger partial charge >= 0.3 is 0 Å². The molecule has 3 rings (SSSR count). The number of likely N-dealkylation sites (tertiary alicyclic amines) is 1. The quantitative estimate of drug-likeness (QED) is 0.440. The third-order valence-corrected chi connectivity index (χ3v) is 5.68. The van der Waals surface area contributed by atoms with Gasteiger partial charge in [0.2, 0.25) is 0 Å². The maximum Gasteiger partial charge on any atom is 0.193 e. The van der Waals surface area contributed by atoms with Crippen LogP contribution in [0.25, 0.3) is 11.0 Å². The first-order valence-corrected chi connectivity index (χ1v) is 10.00. The van der Waals surface area contributed by atoms with Gasteiger partial charge in [-0.2, -0.15) is 5.10 Å². The van der Waals surface area contributed by atoms with E-state index in [0.29, 0.717) is 0 Å². The molecule has 0 radical (unpaired) electrons. The molecule has 8 heteroatoms. The Morgan fingerprint density at radius 3 is 2.85 bits per heavy atom. The number of aliphatic imine (C=N–C) groups is 1. The third-order valence-electron chi connectivity index (χ3n) is 5.68. The maximum absolute atomic E-state index is 4.48. The smallest absolute Gasteiger partial charge is 0.193 e. The Bertz CT molecular complexity index is 764. The first-order chi connectivity index (χ1) is 13.2. The van der Waals surface area contributed by atoms with Gasteiger partial charge in [-0.15, -0.1) is 0 Å². The highest BCUT2D eigenvalue weighted by molar-refractivity contribution is 5.86. The third kappa shape index (κ3) is 4.31. The molecule has 1 unspecified atom stereocenters. The van der Waals surface area contributed by atoms with Crippen LogP contribution in [0.4, 0.5) is 5.82 Å². The molecule has 0 spiro atoms. The lowest BCUT2D eigenvalue weighted by atomic mass is 9.87. The molecule has 2 N–H and O–H groups in total. The number of hydrogen-bond donors (Lipinski definition) is 2. The number of nitrogens with zero attached hydrogens (tertiary/aromatic N) is 6. The lowest BCUT2D eigenvalue weighted by Crippen LogP contribution is -2.42. The fourth-order valence-corrected chi connectivity index (χ4v) is 4.11. The average Bonchev–Trinajstić information content (AvgIpc) is 3.31. The number of hydrogen-bond acceptors (Lipinski definition) is 5. The fourth-order valence-electron chi connectivity index (χ4n) is 4.11. The molecule has 1 saturated heterocycles. The van der Waals surface area contributed by atoms with E-state index in [-0.39, 0.29) is 0 Å². The van der Waals surface area contributed by atoms with E-state index in [1.54, 1.807) is 17.2 Å². The van der Waals surface area contributed by atoms with E-state index in [1.165, 1.54) is 19.3 Å². The molecule has 148 valence electrons. The molecule has 2 aromatic heterocycles. The second-order valence-electron chi connectivity index (χ2n) is 7.20. The van der Waals surface area contributed by atoms with E-state index < -0.39 is 0 Å². The lowest BCUT2D eigenvalue weighted by Gasteiger charge is -2.24. The van der Waals surface area contributed by atoms with Gasteiger partial charge in [-0.3, -0.25) is 9.67 Å². The molecule has 0 aromatic carbocycles. The van der Waals surface area contributed by atoms with Gasteiger partial charge in [-0.1, -0.05) is 26.7 Å². The van der Waals surface area contributed by atoms with Crippen LogP contribution in [-0.2, 0) is 7.05 Å². The van der Waals surface area contributed by atoms with Crippen molar-refractivity contribution in [1.29, 1.82) is 0 Å². The summed E-state index contributed by atoms with van der Waals surface area (Å²) < 4.78 is 1.76. The summed E-state index contributed by atoms with van der Waals surface area (Å²) in [5.41, 5.74) is 0.834. The summed E-state index contributed by atoms with van der Waals surface area (Å²) in [6, 6.07) is 0. The van der Waals surface area contributed by atoms with Crippen molar-refractivity contribution in [2.24, 2.45) is 23.9 Å². The van der Waals surface area contributed by atoms with Crippen molar-refractivity contribution in [2.75, 3.05) is 38.5 Å². The Morgan fingerprint density at radius 2 is 2.11 bits per heavy atom. The van der Waals surface area contributed by atoms with Gasteiger partial charge in [0.1, 0.15) is 12.1 Å². The molecular weight excluding hydrogens is 340 g/mol. The molecule has 0 amide bonds. The number of aryl methyl sites for hydroxylation is 1. The van der Waals surface area contributed by atoms with Crippen LogP contribution >= 0.6 is 0 Å². The molecular formula is C19H32N8. The summed E-state index contributed by atoms with van der Waals surface area (Å²) >= 11 is 0. The Labute approximate surface area is 161 Å². The van der Waals surface area contributed by atoms with E-state index in [2.05, 4.69) is 49.4 Å². The highest BCUT2D eigenvalue weighted by Crippen LogP contribution is 2.28. The summed E-state index contributed by atoms with van der Waals surface area (Å²) in [6.45, 7) is 8.36. The van der Waals surface area contributed by atoms with Crippen LogP contribution < -0.4 is 10.6 Å². The lowest BCUT2D eigenvalue weighted by molar-refractivity contribution is 0.319. The van der Waals surface area contributed by atoms with Gasteiger partial charge in [0.05, 0.1) is 11.6 Å². The van der Waals surface area contributed by atoms with Crippen LogP contribution in [0, 0.1) is 11.8 Å². The zero-order chi connectivity index (χ0) is 19.2. The van der Waals surface area contributed by atoms with Crippen LogP contribution in [-0.4, -0.2) is 63.8 Å². The molecule has 1 aliphatic heterocycles. The summed E-state index contributed by atoms with van der Waals surface area (Å²) in [6.07, 6.45) is 7.18. The van der Waals surface area contributed by atoms with Gasteiger partial charge in [0, 0.05) is 40.3 Å². The van der Waals surface area contributed by atoms with Crippen molar-refractivity contribution in [3.63, 3.8) is 0 Å². The van der Waals surface area contributed by atoms with Crippen LogP contribution in [0.15, 0.2) is 17.5 Å². The van der Waals surface area contributed by atoms with Crippen molar-refractivity contribution in [3.05, 3.63) is 12.5 Å². The van der Waals surface area contributed by atoms with Gasteiger partial charge in [-0.05, 0) is 18.3 Å². The molecule has 0 saturated carbocycles. The first kappa shape index (κ1) is 19.4. The normalized spacial score (nSPS) is 17.9. The van der Waals surface area contributed by atoms with E-state index in [9.17, 15) is 0 Å². The predicted molar refractivity (Wildman–Crippen MR) is 110 cm³/mol. The van der Waals surface area contributed by atoms with Gasteiger partial charge in [0.15, 0.2) is 11.6 Å². The molecule has 27 heavy (non-hydrogen) atoms. The molecule has 0 aliphatic carbocycles. The fraction of sp³-hybridized carbons (Fsp3) is 0.684. The highest BCUT2D eigenvalue weighted by Gasteiger charge is 2.29. The Balaban J connectivity index is 1.49. The van der Waals surface area contributed by atoms with Gasteiger partial charge < -0.3 is 15.5 Å². The first-order valence-electron chi connectivity index (χ1n) is 10.00. The molecule has 8 nitrogen and oxygen atoms in total. The summed E-state index contributed by atoms with van der Waals surface area (Å²) in [4.78, 5) is 15.5. The minimum absolute atomic E-state index is 0.754. The molecule has 1 aliphatic rings. The molecule has 0 bridgehead atoms. The van der Waals surface area contributed by atoms with E-state index >= 15 is 0 Å². The number of rotatable bonds is 7. The maximum atomic E-state index is 4.48. The Hall–Kier alpha value is -2.38. The molecule has 2 aromatic rings. The predicted octanol–water partition coefficient (Wildman–Crippen LogP) is 2.11. The summed E-state index contributed by atoms with van der Waals surface area (Å²) in [5, 5.41) is 12.0. The molecule has 3 heterocycles. The Kier molecular flexibility index (Phi) is 6.47. The second kappa shape index (κ2) is 9.01. The minimum atomic E-state index is 0.754. The van der Waals surface area contributed by atoms with Gasteiger partial charge in [-0.25, -0.2) is 9.97 Å². The second-order valence-corrected chi connectivity index (χ2v) is 7.20. The van der Waals surface area contributed by atoms with Crippen LogP contribution in [0.2, 0.25) is 0 Å². The SMILES string of the molecule is CCC(CC)C1CCN(C(=NC)NCCNc2ncnc3c2cnn3C)C1. The zero-order valence-electron chi connectivity index (χ0n) is 16.9. The number of anilines is 1. The number of nitrogens with one attached hydrogen (secondary N) is 2. The number of guanidine groups is 1. The van der Waals surface area contributed by atoms with Crippen LogP contribution in [0.5, 0.6) is 0 Å². The topological polar surface area (TPSA) is 83.3 Å². The average molecular weight is 373 g/mol. The van der Waals surface area contributed by atoms with Crippen LogP contribution in [0.1, 0.15) is 33.1 Å². The van der Waals surface area contributed by atoms with Crippen molar-refractivity contribution in [3.8, 4) is 0 Å². The molecule has 1 atom stereocenters. The van der Waals surface area contributed by atoms with Crippen molar-refractivity contribution in [1.82, 2.24) is 30.0 Å². The van der Waals surface area contributed by atoms with Crippen LogP contribution in [0.3, 0.4) is 0 Å². The van der Waals surface area contributed by atoms with E-state index in [4.69, 9.17) is 0 Å². The standard InChI is InChI=1S/C19H32N8/c1-5-14(6-2)15-7-10-27(12-15)19(20-3)22-9-8-21-17-16-11-25-26(4)18(16)24-13-23-17/h11,13-15H,5-10,12H2,1-4H3,(H,20,22)(H,21,23,24). The largest absolute Gasteiger partial charge is 0.368 e. The minimum Gasteiger partial charge on any atom is -0.368 e. The van der Waals surface area contributed by atoms with Gasteiger partial charge in [0.25, 0.3) is 0 Å². The van der Waals surface area contributed by atoms with E-state index in [0.717, 1.165) is 60.8 Å². The van der Waals surface area contributed by atoms with E-state index in [1.807, 2.05) is 14.1 Å². The monoisotopic (exact) mass is 372 g/mol.